The maximum atomic E-state index is 4.63. The molecule has 0 saturated carbocycles. The molecule has 2 heterocycles. The summed E-state index contributed by atoms with van der Waals surface area (Å²) in [4.78, 5) is 7.19. The summed E-state index contributed by atoms with van der Waals surface area (Å²) in [6.45, 7) is 2.94. The van der Waals surface area contributed by atoms with E-state index in [1.807, 2.05) is 6.07 Å². The molecule has 0 atom stereocenters. The number of hydrogen-bond donors (Lipinski definition) is 1. The van der Waals surface area contributed by atoms with Gasteiger partial charge in [-0.2, -0.15) is 0 Å². The van der Waals surface area contributed by atoms with Gasteiger partial charge >= 0.3 is 0 Å². The quantitative estimate of drug-likeness (QED) is 0.745. The Balaban J connectivity index is 1.68. The standard InChI is InChI=1S/C15H14N2S2/c1-11-7-8-14(19-11)13-10-18-15(17-13)16-9-12-5-3-2-4-6-12/h2-8,10H,9H2,1H3,(H,16,17). The van der Waals surface area contributed by atoms with Crippen molar-refractivity contribution in [2.75, 3.05) is 5.32 Å². The minimum atomic E-state index is 0.817. The second-order valence-corrected chi connectivity index (χ2v) is 6.43. The van der Waals surface area contributed by atoms with Crippen LogP contribution >= 0.6 is 22.7 Å². The van der Waals surface area contributed by atoms with Gasteiger partial charge in [0.15, 0.2) is 5.13 Å². The first kappa shape index (κ1) is 12.4. The van der Waals surface area contributed by atoms with Gasteiger partial charge in [-0.3, -0.25) is 0 Å². The Labute approximate surface area is 120 Å². The van der Waals surface area contributed by atoms with Gasteiger partial charge in [-0.05, 0) is 24.6 Å². The fourth-order valence-electron chi connectivity index (χ4n) is 1.81. The smallest absolute Gasteiger partial charge is 0.183 e. The number of nitrogens with zero attached hydrogens (tertiary/aromatic N) is 1. The van der Waals surface area contributed by atoms with E-state index in [2.05, 4.69) is 59.0 Å². The highest BCUT2D eigenvalue weighted by atomic mass is 32.1. The topological polar surface area (TPSA) is 24.9 Å². The number of thiazole rings is 1. The monoisotopic (exact) mass is 286 g/mol. The molecular formula is C15H14N2S2. The number of thiophene rings is 1. The van der Waals surface area contributed by atoms with Crippen molar-refractivity contribution >= 4 is 27.8 Å². The highest BCUT2D eigenvalue weighted by Crippen LogP contribution is 2.30. The fourth-order valence-corrected chi connectivity index (χ4v) is 3.43. The van der Waals surface area contributed by atoms with Crippen molar-refractivity contribution < 1.29 is 0 Å². The Morgan fingerprint density at radius 2 is 1.95 bits per heavy atom. The van der Waals surface area contributed by atoms with Crippen LogP contribution in [0.2, 0.25) is 0 Å². The number of aromatic nitrogens is 1. The number of aryl methyl sites for hydroxylation is 1. The number of hydrogen-bond acceptors (Lipinski definition) is 4. The lowest BCUT2D eigenvalue weighted by molar-refractivity contribution is 1.14. The first-order valence-electron chi connectivity index (χ1n) is 6.11. The molecule has 0 aliphatic carbocycles. The lowest BCUT2D eigenvalue weighted by atomic mass is 10.2. The molecule has 0 fully saturated rings. The van der Waals surface area contributed by atoms with Gasteiger partial charge in [0, 0.05) is 16.8 Å². The SMILES string of the molecule is Cc1ccc(-c2csc(NCc3ccccc3)n2)s1. The zero-order chi connectivity index (χ0) is 13.1. The van der Waals surface area contributed by atoms with Gasteiger partial charge in [0.1, 0.15) is 0 Å². The molecule has 19 heavy (non-hydrogen) atoms. The Morgan fingerprint density at radius 3 is 2.68 bits per heavy atom. The Hall–Kier alpha value is -1.65. The summed E-state index contributed by atoms with van der Waals surface area (Å²) >= 11 is 3.44. The molecule has 1 N–H and O–H groups in total. The van der Waals surface area contributed by atoms with Crippen molar-refractivity contribution in [2.45, 2.75) is 13.5 Å². The van der Waals surface area contributed by atoms with Crippen LogP contribution in [0.4, 0.5) is 5.13 Å². The predicted molar refractivity (Wildman–Crippen MR) is 83.9 cm³/mol. The number of rotatable bonds is 4. The van der Waals surface area contributed by atoms with Crippen molar-refractivity contribution in [1.29, 1.82) is 0 Å². The predicted octanol–water partition coefficient (Wildman–Crippen LogP) is 4.79. The van der Waals surface area contributed by atoms with Gasteiger partial charge < -0.3 is 5.32 Å². The van der Waals surface area contributed by atoms with E-state index in [1.54, 1.807) is 22.7 Å². The summed E-state index contributed by atoms with van der Waals surface area (Å²) in [6.07, 6.45) is 0. The molecule has 2 nitrogen and oxygen atoms in total. The van der Waals surface area contributed by atoms with E-state index in [4.69, 9.17) is 0 Å². The molecule has 0 aliphatic rings. The zero-order valence-corrected chi connectivity index (χ0v) is 12.2. The largest absolute Gasteiger partial charge is 0.357 e. The molecule has 0 saturated heterocycles. The Bertz CT molecular complexity index is 656. The van der Waals surface area contributed by atoms with E-state index >= 15 is 0 Å². The van der Waals surface area contributed by atoms with Crippen LogP contribution in [0, 0.1) is 6.92 Å². The number of benzene rings is 1. The molecule has 1 aromatic carbocycles. The number of nitrogens with one attached hydrogen (secondary N) is 1. The molecular weight excluding hydrogens is 272 g/mol. The van der Waals surface area contributed by atoms with Crippen molar-refractivity contribution in [3.8, 4) is 10.6 Å². The minimum Gasteiger partial charge on any atom is -0.357 e. The zero-order valence-electron chi connectivity index (χ0n) is 10.6. The van der Waals surface area contributed by atoms with Gasteiger partial charge in [0.05, 0.1) is 10.6 Å². The minimum absolute atomic E-state index is 0.817. The summed E-state index contributed by atoms with van der Waals surface area (Å²) in [5, 5.41) is 6.46. The Kier molecular flexibility index (Phi) is 3.62. The first-order chi connectivity index (χ1) is 9.31. The van der Waals surface area contributed by atoms with Crippen LogP contribution < -0.4 is 5.32 Å². The van der Waals surface area contributed by atoms with Crippen molar-refractivity contribution in [2.24, 2.45) is 0 Å². The van der Waals surface area contributed by atoms with E-state index in [1.165, 1.54) is 15.3 Å². The van der Waals surface area contributed by atoms with Gasteiger partial charge in [0.25, 0.3) is 0 Å². The summed E-state index contributed by atoms with van der Waals surface area (Å²) in [5.74, 6) is 0. The van der Waals surface area contributed by atoms with Gasteiger partial charge in [0.2, 0.25) is 0 Å². The maximum Gasteiger partial charge on any atom is 0.183 e. The second kappa shape index (κ2) is 5.55. The van der Waals surface area contributed by atoms with E-state index < -0.39 is 0 Å². The van der Waals surface area contributed by atoms with Crippen molar-refractivity contribution in [3.63, 3.8) is 0 Å². The third-order valence-corrected chi connectivity index (χ3v) is 4.61. The third kappa shape index (κ3) is 3.03. The average Bonchev–Trinajstić information content (AvgIpc) is 3.06. The van der Waals surface area contributed by atoms with E-state index in [0.29, 0.717) is 0 Å². The fraction of sp³-hybridized carbons (Fsp3) is 0.133. The van der Waals surface area contributed by atoms with Crippen LogP contribution in [0.1, 0.15) is 10.4 Å². The van der Waals surface area contributed by atoms with Crippen LogP contribution in [0.5, 0.6) is 0 Å². The van der Waals surface area contributed by atoms with Gasteiger partial charge in [-0.15, -0.1) is 22.7 Å². The molecule has 2 aromatic heterocycles. The molecule has 3 rings (SSSR count). The van der Waals surface area contributed by atoms with Crippen LogP contribution in [0.3, 0.4) is 0 Å². The molecule has 0 radical (unpaired) electrons. The van der Waals surface area contributed by atoms with Crippen LogP contribution in [-0.4, -0.2) is 4.98 Å². The van der Waals surface area contributed by atoms with Crippen LogP contribution in [0.25, 0.3) is 10.6 Å². The molecule has 4 heteroatoms. The first-order valence-corrected chi connectivity index (χ1v) is 7.81. The van der Waals surface area contributed by atoms with Gasteiger partial charge in [-0.1, -0.05) is 30.3 Å². The van der Waals surface area contributed by atoms with E-state index in [0.717, 1.165) is 17.4 Å². The third-order valence-electron chi connectivity index (χ3n) is 2.78. The highest BCUT2D eigenvalue weighted by molar-refractivity contribution is 7.16. The van der Waals surface area contributed by atoms with Crippen LogP contribution in [-0.2, 0) is 6.54 Å². The maximum absolute atomic E-state index is 4.63. The summed E-state index contributed by atoms with van der Waals surface area (Å²) < 4.78 is 0. The molecule has 0 unspecified atom stereocenters. The Morgan fingerprint density at radius 1 is 1.11 bits per heavy atom. The van der Waals surface area contributed by atoms with Crippen LogP contribution in [0.15, 0.2) is 47.8 Å². The molecule has 0 aliphatic heterocycles. The molecule has 96 valence electrons. The highest BCUT2D eigenvalue weighted by Gasteiger charge is 2.06. The lowest BCUT2D eigenvalue weighted by Gasteiger charge is -2.01. The molecule has 0 spiro atoms. The molecule has 0 amide bonds. The van der Waals surface area contributed by atoms with E-state index in [-0.39, 0.29) is 0 Å². The lowest BCUT2D eigenvalue weighted by Crippen LogP contribution is -1.98. The van der Waals surface area contributed by atoms with Crippen molar-refractivity contribution in [1.82, 2.24) is 4.98 Å². The second-order valence-electron chi connectivity index (χ2n) is 4.29. The van der Waals surface area contributed by atoms with E-state index in [9.17, 15) is 0 Å². The molecule has 3 aromatic rings. The van der Waals surface area contributed by atoms with Crippen molar-refractivity contribution in [3.05, 3.63) is 58.3 Å². The summed E-state index contributed by atoms with van der Waals surface area (Å²) in [5.41, 5.74) is 2.34. The van der Waals surface area contributed by atoms with Gasteiger partial charge in [-0.25, -0.2) is 4.98 Å². The molecule has 0 bridgehead atoms. The normalized spacial score (nSPS) is 10.6. The average molecular weight is 286 g/mol. The number of anilines is 1. The summed E-state index contributed by atoms with van der Waals surface area (Å²) in [7, 11) is 0. The summed E-state index contributed by atoms with van der Waals surface area (Å²) in [6, 6.07) is 14.6.